The predicted octanol–water partition coefficient (Wildman–Crippen LogP) is 3.68. The molecule has 4 heteroatoms. The van der Waals surface area contributed by atoms with Crippen LogP contribution in [0.2, 0.25) is 0 Å². The minimum atomic E-state index is 0.421. The lowest BCUT2D eigenvalue weighted by atomic mass is 10.1. The van der Waals surface area contributed by atoms with Crippen LogP contribution in [0.15, 0.2) is 28.9 Å². The molecule has 0 saturated heterocycles. The Bertz CT molecular complexity index is 553. The summed E-state index contributed by atoms with van der Waals surface area (Å²) in [6, 6.07) is 3.97. The number of nitrogens with zero attached hydrogens (tertiary/aromatic N) is 3. The Morgan fingerprint density at radius 1 is 1.33 bits per heavy atom. The van der Waals surface area contributed by atoms with Gasteiger partial charge in [-0.3, -0.25) is 4.98 Å². The molecular formula is C14H17N3O. The molecule has 18 heavy (non-hydrogen) atoms. The SMILES string of the molecule is C/C=C(\C)c1nc(-c2ccc(C(C)C)nc2)no1. The Kier molecular flexibility index (Phi) is 3.55. The van der Waals surface area contributed by atoms with E-state index in [0.29, 0.717) is 17.6 Å². The fraction of sp³-hybridized carbons (Fsp3) is 0.357. The summed E-state index contributed by atoms with van der Waals surface area (Å²) in [7, 11) is 0. The third-order valence-electron chi connectivity index (χ3n) is 2.83. The number of allylic oxidation sites excluding steroid dienone is 2. The lowest BCUT2D eigenvalue weighted by Gasteiger charge is -2.03. The first kappa shape index (κ1) is 12.5. The Morgan fingerprint density at radius 3 is 2.67 bits per heavy atom. The van der Waals surface area contributed by atoms with Gasteiger partial charge in [0.1, 0.15) is 0 Å². The first-order valence-corrected chi connectivity index (χ1v) is 6.05. The fourth-order valence-electron chi connectivity index (χ4n) is 1.50. The van der Waals surface area contributed by atoms with Gasteiger partial charge in [-0.25, -0.2) is 0 Å². The van der Waals surface area contributed by atoms with Crippen molar-refractivity contribution in [2.24, 2.45) is 0 Å². The second kappa shape index (κ2) is 5.12. The van der Waals surface area contributed by atoms with E-state index in [1.165, 1.54) is 0 Å². The second-order valence-electron chi connectivity index (χ2n) is 4.52. The molecule has 0 aliphatic carbocycles. The monoisotopic (exact) mass is 243 g/mol. The summed E-state index contributed by atoms with van der Waals surface area (Å²) < 4.78 is 5.19. The molecule has 2 heterocycles. The van der Waals surface area contributed by atoms with Crippen molar-refractivity contribution in [2.45, 2.75) is 33.6 Å². The van der Waals surface area contributed by atoms with E-state index in [-0.39, 0.29) is 0 Å². The standard InChI is InChI=1S/C14H17N3O/c1-5-10(4)14-16-13(17-18-14)11-6-7-12(9(2)3)15-8-11/h5-9H,1-4H3/b10-5+. The number of pyridine rings is 1. The quantitative estimate of drug-likeness (QED) is 0.825. The van der Waals surface area contributed by atoms with Crippen LogP contribution in [0.5, 0.6) is 0 Å². The lowest BCUT2D eigenvalue weighted by Crippen LogP contribution is -1.92. The summed E-state index contributed by atoms with van der Waals surface area (Å²) in [6.07, 6.45) is 3.73. The van der Waals surface area contributed by atoms with Crippen LogP contribution in [-0.4, -0.2) is 15.1 Å². The van der Waals surface area contributed by atoms with Gasteiger partial charge in [0.15, 0.2) is 0 Å². The summed E-state index contributed by atoms with van der Waals surface area (Å²) in [5.41, 5.74) is 2.91. The van der Waals surface area contributed by atoms with Gasteiger partial charge in [-0.05, 0) is 31.9 Å². The van der Waals surface area contributed by atoms with Gasteiger partial charge >= 0.3 is 0 Å². The van der Waals surface area contributed by atoms with Crippen molar-refractivity contribution in [1.29, 1.82) is 0 Å². The molecule has 0 N–H and O–H groups in total. The van der Waals surface area contributed by atoms with Crippen molar-refractivity contribution in [3.63, 3.8) is 0 Å². The molecule has 94 valence electrons. The third-order valence-corrected chi connectivity index (χ3v) is 2.83. The molecule has 0 aliphatic heterocycles. The zero-order valence-corrected chi connectivity index (χ0v) is 11.1. The molecule has 0 amide bonds. The van der Waals surface area contributed by atoms with Gasteiger partial charge in [0.25, 0.3) is 5.89 Å². The maximum absolute atomic E-state index is 5.19. The van der Waals surface area contributed by atoms with Crippen molar-refractivity contribution in [3.8, 4) is 11.4 Å². The van der Waals surface area contributed by atoms with Crippen LogP contribution in [0.3, 0.4) is 0 Å². The molecule has 0 bridgehead atoms. The molecule has 0 fully saturated rings. The topological polar surface area (TPSA) is 51.8 Å². The minimum absolute atomic E-state index is 0.421. The zero-order valence-electron chi connectivity index (χ0n) is 11.1. The largest absolute Gasteiger partial charge is 0.334 e. The van der Waals surface area contributed by atoms with Crippen LogP contribution < -0.4 is 0 Å². The van der Waals surface area contributed by atoms with E-state index >= 15 is 0 Å². The molecule has 0 spiro atoms. The second-order valence-corrected chi connectivity index (χ2v) is 4.52. The summed E-state index contributed by atoms with van der Waals surface area (Å²) in [4.78, 5) is 8.73. The third kappa shape index (κ3) is 2.47. The van der Waals surface area contributed by atoms with Gasteiger partial charge in [0, 0.05) is 23.0 Å². The van der Waals surface area contributed by atoms with Gasteiger partial charge in [0.2, 0.25) is 5.82 Å². The predicted molar refractivity (Wildman–Crippen MR) is 70.9 cm³/mol. The Hall–Kier alpha value is -1.97. The smallest absolute Gasteiger partial charge is 0.253 e. The van der Waals surface area contributed by atoms with Crippen LogP contribution in [0.1, 0.15) is 45.2 Å². The van der Waals surface area contributed by atoms with E-state index in [4.69, 9.17) is 4.52 Å². The molecule has 0 aliphatic rings. The lowest BCUT2D eigenvalue weighted by molar-refractivity contribution is 0.408. The molecule has 2 aromatic heterocycles. The fourth-order valence-corrected chi connectivity index (χ4v) is 1.50. The highest BCUT2D eigenvalue weighted by atomic mass is 16.5. The van der Waals surface area contributed by atoms with Gasteiger partial charge in [-0.15, -0.1) is 0 Å². The highest BCUT2D eigenvalue weighted by Crippen LogP contribution is 2.20. The molecule has 2 rings (SSSR count). The van der Waals surface area contributed by atoms with Crippen molar-refractivity contribution < 1.29 is 4.52 Å². The van der Waals surface area contributed by atoms with Crippen LogP contribution in [0.4, 0.5) is 0 Å². The van der Waals surface area contributed by atoms with E-state index in [2.05, 4.69) is 29.0 Å². The normalized spacial score (nSPS) is 12.2. The van der Waals surface area contributed by atoms with Crippen LogP contribution in [-0.2, 0) is 0 Å². The summed E-state index contributed by atoms with van der Waals surface area (Å²) >= 11 is 0. The minimum Gasteiger partial charge on any atom is -0.334 e. The molecule has 0 saturated carbocycles. The van der Waals surface area contributed by atoms with Crippen LogP contribution >= 0.6 is 0 Å². The van der Waals surface area contributed by atoms with E-state index in [1.54, 1.807) is 6.20 Å². The van der Waals surface area contributed by atoms with E-state index in [9.17, 15) is 0 Å². The van der Waals surface area contributed by atoms with Gasteiger partial charge < -0.3 is 4.52 Å². The first-order chi connectivity index (χ1) is 8.61. The van der Waals surface area contributed by atoms with Crippen molar-refractivity contribution >= 4 is 5.57 Å². The van der Waals surface area contributed by atoms with E-state index < -0.39 is 0 Å². The number of hydrogen-bond acceptors (Lipinski definition) is 4. The van der Waals surface area contributed by atoms with Crippen molar-refractivity contribution in [3.05, 3.63) is 36.0 Å². The van der Waals surface area contributed by atoms with Gasteiger partial charge in [-0.2, -0.15) is 4.98 Å². The molecular weight excluding hydrogens is 226 g/mol. The highest BCUT2D eigenvalue weighted by molar-refractivity contribution is 5.59. The molecule has 4 nitrogen and oxygen atoms in total. The Morgan fingerprint density at radius 2 is 2.11 bits per heavy atom. The summed E-state index contributed by atoms with van der Waals surface area (Å²) in [6.45, 7) is 8.11. The number of rotatable bonds is 3. The number of hydrogen-bond donors (Lipinski definition) is 0. The maximum Gasteiger partial charge on any atom is 0.253 e. The van der Waals surface area contributed by atoms with Crippen LogP contribution in [0, 0.1) is 0 Å². The molecule has 0 atom stereocenters. The van der Waals surface area contributed by atoms with E-state index in [1.807, 2.05) is 32.1 Å². The van der Waals surface area contributed by atoms with Crippen LogP contribution in [0.25, 0.3) is 17.0 Å². The molecule has 2 aromatic rings. The van der Waals surface area contributed by atoms with E-state index in [0.717, 1.165) is 16.8 Å². The maximum atomic E-state index is 5.19. The Balaban J connectivity index is 2.29. The summed E-state index contributed by atoms with van der Waals surface area (Å²) in [5, 5.41) is 3.96. The molecule has 0 aromatic carbocycles. The average Bonchev–Trinajstić information content (AvgIpc) is 2.87. The van der Waals surface area contributed by atoms with Gasteiger partial charge in [0.05, 0.1) is 0 Å². The zero-order chi connectivity index (χ0) is 13.1. The first-order valence-electron chi connectivity index (χ1n) is 6.05. The highest BCUT2D eigenvalue weighted by Gasteiger charge is 2.10. The molecule has 0 radical (unpaired) electrons. The summed E-state index contributed by atoms with van der Waals surface area (Å²) in [5.74, 6) is 1.56. The Labute approximate surface area is 107 Å². The van der Waals surface area contributed by atoms with Crippen molar-refractivity contribution in [2.75, 3.05) is 0 Å². The average molecular weight is 243 g/mol. The number of aromatic nitrogens is 3. The van der Waals surface area contributed by atoms with Gasteiger partial charge in [-0.1, -0.05) is 25.1 Å². The van der Waals surface area contributed by atoms with Crippen molar-refractivity contribution in [1.82, 2.24) is 15.1 Å². The molecule has 0 unspecified atom stereocenters.